The van der Waals surface area contributed by atoms with Gasteiger partial charge in [-0.25, -0.2) is 0 Å². The number of ketones is 1. The van der Waals surface area contributed by atoms with Crippen LogP contribution in [0.2, 0.25) is 0 Å². The molecule has 0 aliphatic carbocycles. The number of carbonyl (C=O) groups is 2. The Kier molecular flexibility index (Phi) is 4.60. The van der Waals surface area contributed by atoms with Crippen LogP contribution in [0.1, 0.15) is 18.5 Å². The van der Waals surface area contributed by atoms with E-state index in [4.69, 9.17) is 0 Å². The summed E-state index contributed by atoms with van der Waals surface area (Å²) >= 11 is 6.76. The SMILES string of the molecule is CC(=O)C1=C(O)C(=O)N(c2cccc(Br)c2)C1c1ccc(Br)cc1. The molecule has 3 rings (SSSR count). The van der Waals surface area contributed by atoms with Crippen molar-refractivity contribution in [2.24, 2.45) is 0 Å². The quantitative estimate of drug-likeness (QED) is 0.737. The predicted octanol–water partition coefficient (Wildman–Crippen LogP) is 4.70. The number of carbonyl (C=O) groups excluding carboxylic acids is 2. The first kappa shape index (κ1) is 16.9. The molecule has 122 valence electrons. The van der Waals surface area contributed by atoms with Crippen LogP contribution >= 0.6 is 31.9 Å². The van der Waals surface area contributed by atoms with Crippen molar-refractivity contribution >= 4 is 49.2 Å². The first-order chi connectivity index (χ1) is 11.4. The predicted molar refractivity (Wildman–Crippen MR) is 98.8 cm³/mol. The summed E-state index contributed by atoms with van der Waals surface area (Å²) in [5, 5.41) is 10.3. The second-order valence-corrected chi connectivity index (χ2v) is 7.26. The van der Waals surface area contributed by atoms with E-state index in [0.717, 1.165) is 14.5 Å². The van der Waals surface area contributed by atoms with Crippen molar-refractivity contribution < 1.29 is 14.7 Å². The van der Waals surface area contributed by atoms with Crippen molar-refractivity contribution in [1.29, 1.82) is 0 Å². The molecule has 1 unspecified atom stereocenters. The van der Waals surface area contributed by atoms with Gasteiger partial charge in [0.15, 0.2) is 11.5 Å². The maximum absolute atomic E-state index is 12.6. The normalized spacial score (nSPS) is 17.5. The summed E-state index contributed by atoms with van der Waals surface area (Å²) in [6, 6.07) is 13.9. The largest absolute Gasteiger partial charge is 0.503 e. The minimum Gasteiger partial charge on any atom is -0.503 e. The van der Waals surface area contributed by atoms with E-state index in [1.54, 1.807) is 18.2 Å². The zero-order chi connectivity index (χ0) is 17.4. The van der Waals surface area contributed by atoms with Crippen molar-refractivity contribution in [3.8, 4) is 0 Å². The van der Waals surface area contributed by atoms with E-state index in [-0.39, 0.29) is 11.4 Å². The first-order valence-corrected chi connectivity index (χ1v) is 8.77. The molecule has 24 heavy (non-hydrogen) atoms. The number of aliphatic hydroxyl groups excluding tert-OH is 1. The molecule has 2 aromatic rings. The smallest absolute Gasteiger partial charge is 0.294 e. The third kappa shape index (κ3) is 2.91. The molecule has 1 N–H and O–H groups in total. The summed E-state index contributed by atoms with van der Waals surface area (Å²) in [5.41, 5.74) is 1.47. The van der Waals surface area contributed by atoms with Gasteiger partial charge in [-0.2, -0.15) is 0 Å². The van der Waals surface area contributed by atoms with Crippen LogP contribution in [0.5, 0.6) is 0 Å². The van der Waals surface area contributed by atoms with Gasteiger partial charge < -0.3 is 5.11 Å². The van der Waals surface area contributed by atoms with Gasteiger partial charge in [-0.3, -0.25) is 14.5 Å². The minimum absolute atomic E-state index is 0.113. The van der Waals surface area contributed by atoms with Gasteiger partial charge in [-0.1, -0.05) is 50.1 Å². The van der Waals surface area contributed by atoms with Crippen LogP contribution in [0.25, 0.3) is 0 Å². The Balaban J connectivity index is 2.18. The third-order valence-corrected chi connectivity index (χ3v) is 4.88. The maximum Gasteiger partial charge on any atom is 0.294 e. The summed E-state index contributed by atoms with van der Waals surface area (Å²) in [4.78, 5) is 26.1. The van der Waals surface area contributed by atoms with Gasteiger partial charge in [0, 0.05) is 14.6 Å². The Bertz CT molecular complexity index is 859. The van der Waals surface area contributed by atoms with E-state index in [1.165, 1.54) is 11.8 Å². The molecule has 2 aromatic carbocycles. The Hall–Kier alpha value is -1.92. The number of nitrogens with zero attached hydrogens (tertiary/aromatic N) is 1. The number of aliphatic hydroxyl groups is 1. The Morgan fingerprint density at radius 3 is 2.33 bits per heavy atom. The molecule has 0 bridgehead atoms. The molecule has 4 nitrogen and oxygen atoms in total. The number of halogens is 2. The van der Waals surface area contributed by atoms with Crippen LogP contribution in [0, 0.1) is 0 Å². The highest BCUT2D eigenvalue weighted by molar-refractivity contribution is 9.10. The molecule has 0 saturated carbocycles. The van der Waals surface area contributed by atoms with Crippen molar-refractivity contribution in [3.63, 3.8) is 0 Å². The number of amides is 1. The van der Waals surface area contributed by atoms with Gasteiger partial charge in [0.05, 0.1) is 11.6 Å². The fourth-order valence-electron chi connectivity index (χ4n) is 2.82. The second kappa shape index (κ2) is 6.53. The van der Waals surface area contributed by atoms with Crippen LogP contribution in [0.15, 0.2) is 68.8 Å². The van der Waals surface area contributed by atoms with E-state index in [0.29, 0.717) is 5.69 Å². The second-order valence-electron chi connectivity index (χ2n) is 5.43. The van der Waals surface area contributed by atoms with Gasteiger partial charge in [-0.05, 0) is 42.8 Å². The average Bonchev–Trinajstić information content (AvgIpc) is 2.80. The van der Waals surface area contributed by atoms with Crippen molar-refractivity contribution in [3.05, 3.63) is 74.4 Å². The number of Topliss-reactive ketones (excluding diaryl/α,β-unsaturated/α-hetero) is 1. The van der Waals surface area contributed by atoms with E-state index < -0.39 is 17.7 Å². The summed E-state index contributed by atoms with van der Waals surface area (Å²) in [6.07, 6.45) is 0. The average molecular weight is 451 g/mol. The molecule has 1 atom stereocenters. The monoisotopic (exact) mass is 449 g/mol. The summed E-state index contributed by atoms with van der Waals surface area (Å²) < 4.78 is 1.69. The minimum atomic E-state index is -0.655. The number of rotatable bonds is 3. The zero-order valence-corrected chi connectivity index (χ0v) is 15.8. The van der Waals surface area contributed by atoms with E-state index >= 15 is 0 Å². The fourth-order valence-corrected chi connectivity index (χ4v) is 3.47. The van der Waals surface area contributed by atoms with Gasteiger partial charge in [0.25, 0.3) is 5.91 Å². The molecule has 0 radical (unpaired) electrons. The van der Waals surface area contributed by atoms with Crippen LogP contribution in [0.4, 0.5) is 5.69 Å². The van der Waals surface area contributed by atoms with E-state index in [2.05, 4.69) is 31.9 Å². The first-order valence-electron chi connectivity index (χ1n) is 7.19. The van der Waals surface area contributed by atoms with Crippen LogP contribution < -0.4 is 4.90 Å². The Morgan fingerprint density at radius 1 is 1.08 bits per heavy atom. The molecule has 1 aliphatic heterocycles. The van der Waals surface area contributed by atoms with Gasteiger partial charge in [0.1, 0.15) is 0 Å². The molecule has 1 aliphatic rings. The van der Waals surface area contributed by atoms with Crippen LogP contribution in [0.3, 0.4) is 0 Å². The van der Waals surface area contributed by atoms with Gasteiger partial charge in [0.2, 0.25) is 0 Å². The number of hydrogen-bond donors (Lipinski definition) is 1. The molecule has 6 heteroatoms. The van der Waals surface area contributed by atoms with E-state index in [1.807, 2.05) is 30.3 Å². The lowest BCUT2D eigenvalue weighted by Gasteiger charge is -2.27. The highest BCUT2D eigenvalue weighted by atomic mass is 79.9. The molecule has 1 amide bonds. The molecule has 1 heterocycles. The number of hydrogen-bond acceptors (Lipinski definition) is 3. The number of anilines is 1. The topological polar surface area (TPSA) is 57.6 Å². The summed E-state index contributed by atoms with van der Waals surface area (Å²) in [7, 11) is 0. The van der Waals surface area contributed by atoms with Crippen LogP contribution in [-0.4, -0.2) is 16.8 Å². The lowest BCUT2D eigenvalue weighted by atomic mass is 9.96. The zero-order valence-electron chi connectivity index (χ0n) is 12.7. The molecule has 0 saturated heterocycles. The highest BCUT2D eigenvalue weighted by Gasteiger charge is 2.43. The van der Waals surface area contributed by atoms with Gasteiger partial charge in [-0.15, -0.1) is 0 Å². The summed E-state index contributed by atoms with van der Waals surface area (Å²) in [5.74, 6) is -1.40. The maximum atomic E-state index is 12.6. The highest BCUT2D eigenvalue weighted by Crippen LogP contribution is 2.41. The Morgan fingerprint density at radius 2 is 1.75 bits per heavy atom. The molecule has 0 aromatic heterocycles. The standard InChI is InChI=1S/C18H13Br2NO3/c1-10(22)15-16(11-5-7-12(19)8-6-11)21(18(24)17(15)23)14-4-2-3-13(20)9-14/h2-9,16,23H,1H3. The molecule has 0 spiro atoms. The van der Waals surface area contributed by atoms with Crippen molar-refractivity contribution in [2.45, 2.75) is 13.0 Å². The molecule has 0 fully saturated rings. The van der Waals surface area contributed by atoms with Crippen LogP contribution in [-0.2, 0) is 9.59 Å². The lowest BCUT2D eigenvalue weighted by molar-refractivity contribution is -0.117. The van der Waals surface area contributed by atoms with Crippen molar-refractivity contribution in [2.75, 3.05) is 4.90 Å². The van der Waals surface area contributed by atoms with Gasteiger partial charge >= 0.3 is 0 Å². The van der Waals surface area contributed by atoms with E-state index in [9.17, 15) is 14.7 Å². The molecular formula is C18H13Br2NO3. The molecular weight excluding hydrogens is 438 g/mol. The number of benzene rings is 2. The third-order valence-electron chi connectivity index (χ3n) is 3.86. The summed E-state index contributed by atoms with van der Waals surface area (Å²) in [6.45, 7) is 1.36. The fraction of sp³-hybridized carbons (Fsp3) is 0.111. The lowest BCUT2D eigenvalue weighted by Crippen LogP contribution is -2.30. The van der Waals surface area contributed by atoms with Crippen molar-refractivity contribution in [1.82, 2.24) is 0 Å². The Labute approximate surface area is 156 Å².